The summed E-state index contributed by atoms with van der Waals surface area (Å²) in [5.41, 5.74) is 0. The Hall–Kier alpha value is -1.35. The molecule has 0 N–H and O–H groups in total. The van der Waals surface area contributed by atoms with E-state index in [2.05, 4.69) is 15.5 Å². The summed E-state index contributed by atoms with van der Waals surface area (Å²) in [6, 6.07) is 9.88. The smallest absolute Gasteiger partial charge is 0.343 e. The molecule has 0 fully saturated rings. The van der Waals surface area contributed by atoms with Crippen molar-refractivity contribution in [3.8, 4) is 5.88 Å². The van der Waals surface area contributed by atoms with E-state index >= 15 is 0 Å². The maximum Gasteiger partial charge on any atom is 0.343 e. The Kier molecular flexibility index (Phi) is 1.79. The number of hydrogen-bond donors (Lipinski definition) is 0. The van der Waals surface area contributed by atoms with Crippen LogP contribution in [0, 0.1) is 0 Å². The molecular weight excluding hydrogens is 166 g/mol. The number of aromatic nitrogens is 1. The van der Waals surface area contributed by atoms with Crippen LogP contribution in [0.4, 0.5) is 0 Å². The molecule has 2 aromatic rings. The van der Waals surface area contributed by atoms with E-state index in [0.29, 0.717) is 5.88 Å². The molecule has 1 heterocycles. The van der Waals surface area contributed by atoms with E-state index in [1.165, 1.54) is 0 Å². The van der Waals surface area contributed by atoms with E-state index in [0.717, 1.165) is 10.8 Å². The van der Waals surface area contributed by atoms with Gasteiger partial charge in [0.25, 0.3) is 0 Å². The zero-order valence-electron chi connectivity index (χ0n) is 6.32. The van der Waals surface area contributed by atoms with Gasteiger partial charge in [-0.2, -0.15) is 0 Å². The molecule has 0 aliphatic carbocycles. The lowest BCUT2D eigenvalue weighted by atomic mass is 10.2. The lowest BCUT2D eigenvalue weighted by molar-refractivity contribution is 0.596. The van der Waals surface area contributed by atoms with Crippen molar-refractivity contribution in [1.29, 1.82) is 0 Å². The quantitative estimate of drug-likeness (QED) is 0.611. The van der Waals surface area contributed by atoms with Crippen LogP contribution >= 0.6 is 0 Å². The Morgan fingerprint density at radius 2 is 2.00 bits per heavy atom. The molecule has 2 rings (SSSR count). The highest BCUT2D eigenvalue weighted by Gasteiger charge is 1.98. The minimum atomic E-state index is 0.602. The van der Waals surface area contributed by atoms with Crippen LogP contribution in [0.1, 0.15) is 0 Å². The second-order valence-corrected chi connectivity index (χ2v) is 2.64. The van der Waals surface area contributed by atoms with Crippen molar-refractivity contribution in [1.82, 2.24) is 4.98 Å². The van der Waals surface area contributed by atoms with Crippen molar-refractivity contribution in [2.75, 3.05) is 0 Å². The predicted molar refractivity (Wildman–Crippen MR) is 48.1 cm³/mol. The first-order valence-corrected chi connectivity index (χ1v) is 4.00. The second-order valence-electron chi connectivity index (χ2n) is 2.44. The van der Waals surface area contributed by atoms with Crippen molar-refractivity contribution < 1.29 is 4.43 Å². The third-order valence-electron chi connectivity index (χ3n) is 1.73. The van der Waals surface area contributed by atoms with Crippen LogP contribution in [0.15, 0.2) is 36.5 Å². The van der Waals surface area contributed by atoms with Gasteiger partial charge in [-0.25, -0.2) is 4.98 Å². The van der Waals surface area contributed by atoms with Crippen LogP contribution in [0.25, 0.3) is 10.8 Å². The van der Waals surface area contributed by atoms with Gasteiger partial charge >= 0.3 is 10.5 Å². The molecule has 0 aliphatic heterocycles. The molecule has 3 radical (unpaired) electrons. The zero-order valence-corrected chi connectivity index (χ0v) is 7.32. The van der Waals surface area contributed by atoms with Gasteiger partial charge in [0.15, 0.2) is 0 Å². The fourth-order valence-corrected chi connectivity index (χ4v) is 1.34. The third kappa shape index (κ3) is 1.08. The molecule has 0 aliphatic rings. The van der Waals surface area contributed by atoms with Gasteiger partial charge in [0.1, 0.15) is 0 Å². The Bertz CT molecular complexity index is 397. The van der Waals surface area contributed by atoms with Gasteiger partial charge in [-0.1, -0.05) is 18.2 Å². The number of pyridine rings is 1. The van der Waals surface area contributed by atoms with Crippen molar-refractivity contribution in [2.45, 2.75) is 0 Å². The fourth-order valence-electron chi connectivity index (χ4n) is 1.17. The first-order valence-electron chi connectivity index (χ1n) is 3.59. The van der Waals surface area contributed by atoms with Crippen LogP contribution in [0.3, 0.4) is 0 Å². The zero-order chi connectivity index (χ0) is 8.39. The highest BCUT2D eigenvalue weighted by molar-refractivity contribution is 6.01. The Morgan fingerprint density at radius 1 is 1.17 bits per heavy atom. The van der Waals surface area contributed by atoms with Gasteiger partial charge < -0.3 is 4.43 Å². The van der Waals surface area contributed by atoms with Gasteiger partial charge in [-0.15, -0.1) is 0 Å². The van der Waals surface area contributed by atoms with E-state index in [1.54, 1.807) is 6.20 Å². The van der Waals surface area contributed by atoms with Crippen LogP contribution < -0.4 is 4.43 Å². The molecule has 0 spiro atoms. The first kappa shape index (κ1) is 7.30. The fraction of sp³-hybridized carbons (Fsp3) is 0. The topological polar surface area (TPSA) is 22.1 Å². The van der Waals surface area contributed by atoms with E-state index in [1.807, 2.05) is 30.3 Å². The van der Waals surface area contributed by atoms with Crippen LogP contribution in [0.2, 0.25) is 0 Å². The largest absolute Gasteiger partial charge is 0.527 e. The van der Waals surface area contributed by atoms with E-state index in [-0.39, 0.29) is 0 Å². The van der Waals surface area contributed by atoms with Crippen molar-refractivity contribution >= 4 is 21.3 Å². The molecule has 0 saturated carbocycles. The summed E-state index contributed by atoms with van der Waals surface area (Å²) in [7, 11) is 2.96. The molecule has 0 saturated heterocycles. The van der Waals surface area contributed by atoms with Gasteiger partial charge in [-0.05, 0) is 17.5 Å². The second kappa shape index (κ2) is 2.95. The average Bonchev–Trinajstić information content (AvgIpc) is 2.17. The molecule has 0 amide bonds. The molecule has 3 heteroatoms. The number of benzene rings is 1. The highest BCUT2D eigenvalue weighted by atomic mass is 28.2. The van der Waals surface area contributed by atoms with Gasteiger partial charge in [0.2, 0.25) is 5.88 Å². The Labute approximate surface area is 73.7 Å². The number of fused-ring (bicyclic) bond motifs is 1. The Balaban J connectivity index is 2.79. The number of nitrogens with zero attached hydrogens (tertiary/aromatic N) is 1. The summed E-state index contributed by atoms with van der Waals surface area (Å²) < 4.78 is 4.92. The summed E-state index contributed by atoms with van der Waals surface area (Å²) >= 11 is 0. The lowest BCUT2D eigenvalue weighted by Crippen LogP contribution is -1.89. The van der Waals surface area contributed by atoms with Crippen molar-refractivity contribution in [3.63, 3.8) is 0 Å². The van der Waals surface area contributed by atoms with Crippen molar-refractivity contribution in [3.05, 3.63) is 36.5 Å². The summed E-state index contributed by atoms with van der Waals surface area (Å²) in [6.07, 6.45) is 1.72. The summed E-state index contributed by atoms with van der Waals surface area (Å²) in [6.45, 7) is 0. The number of hydrogen-bond acceptors (Lipinski definition) is 2. The summed E-state index contributed by atoms with van der Waals surface area (Å²) in [5, 5.41) is 2.13. The SMILES string of the molecule is [Si]Oc1nccc2ccccc12. The standard InChI is InChI=1S/C9H6NOSi/c12-11-9-8-4-2-1-3-7(8)5-6-10-9/h1-6H. The maximum absolute atomic E-state index is 4.92. The molecule has 0 bridgehead atoms. The first-order chi connectivity index (χ1) is 5.92. The monoisotopic (exact) mass is 172 g/mol. The Morgan fingerprint density at radius 3 is 2.83 bits per heavy atom. The van der Waals surface area contributed by atoms with E-state index in [4.69, 9.17) is 4.43 Å². The molecule has 57 valence electrons. The molecule has 12 heavy (non-hydrogen) atoms. The number of rotatable bonds is 1. The minimum Gasteiger partial charge on any atom is -0.527 e. The van der Waals surface area contributed by atoms with Crippen LogP contribution in [-0.4, -0.2) is 15.5 Å². The summed E-state index contributed by atoms with van der Waals surface area (Å²) in [5.74, 6) is 0.602. The maximum atomic E-state index is 4.92. The van der Waals surface area contributed by atoms with Crippen LogP contribution in [0.5, 0.6) is 5.88 Å². The van der Waals surface area contributed by atoms with Crippen molar-refractivity contribution in [2.24, 2.45) is 0 Å². The van der Waals surface area contributed by atoms with E-state index < -0.39 is 0 Å². The lowest BCUT2D eigenvalue weighted by Gasteiger charge is -2.02. The minimum absolute atomic E-state index is 0.602. The normalized spacial score (nSPS) is 10.1. The molecular formula is C9H6NOSi. The van der Waals surface area contributed by atoms with Crippen LogP contribution in [-0.2, 0) is 0 Å². The van der Waals surface area contributed by atoms with Gasteiger partial charge in [-0.3, -0.25) is 0 Å². The molecule has 0 atom stereocenters. The average molecular weight is 172 g/mol. The molecule has 0 unspecified atom stereocenters. The van der Waals surface area contributed by atoms with Gasteiger partial charge in [0, 0.05) is 11.6 Å². The predicted octanol–water partition coefficient (Wildman–Crippen LogP) is 1.70. The van der Waals surface area contributed by atoms with E-state index in [9.17, 15) is 0 Å². The molecule has 1 aromatic carbocycles. The highest BCUT2D eigenvalue weighted by Crippen LogP contribution is 2.21. The van der Waals surface area contributed by atoms with Gasteiger partial charge in [0.05, 0.1) is 0 Å². The molecule has 2 nitrogen and oxygen atoms in total. The molecule has 1 aromatic heterocycles. The third-order valence-corrected chi connectivity index (χ3v) is 1.93. The summed E-state index contributed by atoms with van der Waals surface area (Å²) in [4.78, 5) is 4.05.